The number of nitrogens with zero attached hydrogens (tertiary/aromatic N) is 4. The van der Waals surface area contributed by atoms with Crippen molar-refractivity contribution in [1.29, 1.82) is 0 Å². The Hall–Kier alpha value is -3.27. The number of benzene rings is 1. The van der Waals surface area contributed by atoms with Crippen molar-refractivity contribution in [3.8, 4) is 11.6 Å². The van der Waals surface area contributed by atoms with Gasteiger partial charge < -0.3 is 14.4 Å². The van der Waals surface area contributed by atoms with Crippen LogP contribution in [0.1, 0.15) is 24.5 Å². The standard InChI is InChI=1S/C23H24ClF3N4O3/c1-4-18-20(24)21(30(2)14-29-18)31(22(32)33-3)12-11-15-5-8-17(9-6-15)34-19-10-7-16(13-28-19)23(25,26)27/h5-10,13H,4,11-12,14H2,1-3H3. The van der Waals surface area contributed by atoms with Crippen LogP contribution in [0.15, 0.2) is 58.4 Å². The van der Waals surface area contributed by atoms with E-state index in [1.807, 2.05) is 6.92 Å². The second kappa shape index (κ2) is 10.8. The molecule has 0 N–H and O–H groups in total. The number of hydrogen-bond acceptors (Lipinski definition) is 6. The second-order valence-electron chi connectivity index (χ2n) is 7.44. The first-order valence-electron chi connectivity index (χ1n) is 10.4. The van der Waals surface area contributed by atoms with Crippen LogP contribution in [0.3, 0.4) is 0 Å². The van der Waals surface area contributed by atoms with Gasteiger partial charge in [-0.15, -0.1) is 0 Å². The summed E-state index contributed by atoms with van der Waals surface area (Å²) in [7, 11) is 3.11. The van der Waals surface area contributed by atoms with E-state index < -0.39 is 17.8 Å². The summed E-state index contributed by atoms with van der Waals surface area (Å²) in [5, 5.41) is 0.412. The zero-order valence-corrected chi connectivity index (χ0v) is 19.7. The lowest BCUT2D eigenvalue weighted by molar-refractivity contribution is -0.137. The monoisotopic (exact) mass is 496 g/mol. The highest BCUT2D eigenvalue weighted by Gasteiger charge is 2.31. The van der Waals surface area contributed by atoms with Crippen molar-refractivity contribution < 1.29 is 27.4 Å². The number of hydrogen-bond donors (Lipinski definition) is 0. The van der Waals surface area contributed by atoms with Crippen LogP contribution in [0.25, 0.3) is 0 Å². The molecule has 7 nitrogen and oxygen atoms in total. The van der Waals surface area contributed by atoms with Crippen LogP contribution in [0.5, 0.6) is 11.6 Å². The smallest absolute Gasteiger partial charge is 0.417 e. The summed E-state index contributed by atoms with van der Waals surface area (Å²) >= 11 is 6.53. The molecular formula is C23H24ClF3N4O3. The summed E-state index contributed by atoms with van der Waals surface area (Å²) in [5.41, 5.74) is 0.782. The number of methoxy groups -OCH3 is 1. The van der Waals surface area contributed by atoms with Crippen molar-refractivity contribution in [2.75, 3.05) is 27.4 Å². The Morgan fingerprint density at radius 2 is 1.91 bits per heavy atom. The molecule has 0 bridgehead atoms. The van der Waals surface area contributed by atoms with Gasteiger partial charge in [-0.3, -0.25) is 9.89 Å². The van der Waals surface area contributed by atoms with Gasteiger partial charge in [0.1, 0.15) is 23.3 Å². The third-order valence-electron chi connectivity index (χ3n) is 5.10. The minimum absolute atomic E-state index is 0.0490. The van der Waals surface area contributed by atoms with E-state index in [0.29, 0.717) is 42.7 Å². The molecule has 0 aliphatic carbocycles. The molecule has 0 spiro atoms. The fourth-order valence-corrected chi connectivity index (χ4v) is 3.74. The molecule has 1 aromatic carbocycles. The molecule has 0 unspecified atom stereocenters. The molecule has 3 rings (SSSR count). The summed E-state index contributed by atoms with van der Waals surface area (Å²) in [6.45, 7) is 2.63. The quantitative estimate of drug-likeness (QED) is 0.494. The maximum absolute atomic E-state index is 12.7. The van der Waals surface area contributed by atoms with Crippen molar-refractivity contribution >= 4 is 23.4 Å². The second-order valence-corrected chi connectivity index (χ2v) is 7.81. The van der Waals surface area contributed by atoms with Crippen LogP contribution in [0.2, 0.25) is 0 Å². The number of carbonyl (C=O) groups excluding carboxylic acids is 1. The third kappa shape index (κ3) is 5.99. The van der Waals surface area contributed by atoms with E-state index >= 15 is 0 Å². The molecule has 182 valence electrons. The number of amides is 1. The highest BCUT2D eigenvalue weighted by atomic mass is 35.5. The Labute approximate surface area is 200 Å². The molecule has 1 aliphatic heterocycles. The molecule has 0 fully saturated rings. The summed E-state index contributed by atoms with van der Waals surface area (Å²) in [4.78, 5) is 23.9. The van der Waals surface area contributed by atoms with Gasteiger partial charge in [0.2, 0.25) is 5.88 Å². The molecule has 2 heterocycles. The number of aliphatic imine (C=N–C) groups is 1. The molecule has 11 heteroatoms. The van der Waals surface area contributed by atoms with E-state index in [1.54, 1.807) is 36.2 Å². The first-order valence-corrected chi connectivity index (χ1v) is 10.8. The van der Waals surface area contributed by atoms with Crippen LogP contribution in [0, 0.1) is 0 Å². The minimum atomic E-state index is -4.46. The van der Waals surface area contributed by atoms with E-state index in [4.69, 9.17) is 21.1 Å². The topological polar surface area (TPSA) is 67.3 Å². The van der Waals surface area contributed by atoms with Gasteiger partial charge in [-0.2, -0.15) is 13.2 Å². The molecule has 0 radical (unpaired) electrons. The van der Waals surface area contributed by atoms with Gasteiger partial charge in [-0.05, 0) is 36.6 Å². The van der Waals surface area contributed by atoms with Gasteiger partial charge in [0.15, 0.2) is 0 Å². The van der Waals surface area contributed by atoms with E-state index in [2.05, 4.69) is 9.98 Å². The molecule has 1 amide bonds. The van der Waals surface area contributed by atoms with Crippen molar-refractivity contribution in [3.63, 3.8) is 0 Å². The molecule has 0 atom stereocenters. The normalized spacial score (nSPS) is 14.1. The van der Waals surface area contributed by atoms with Crippen molar-refractivity contribution in [1.82, 2.24) is 14.8 Å². The largest absolute Gasteiger partial charge is 0.452 e. The highest BCUT2D eigenvalue weighted by Crippen LogP contribution is 2.30. The average molecular weight is 497 g/mol. The maximum Gasteiger partial charge on any atom is 0.417 e. The lowest BCUT2D eigenvalue weighted by Gasteiger charge is -2.34. The Balaban J connectivity index is 1.69. The van der Waals surface area contributed by atoms with Crippen LogP contribution in [-0.2, 0) is 17.3 Å². The van der Waals surface area contributed by atoms with Gasteiger partial charge in [-0.1, -0.05) is 30.7 Å². The minimum Gasteiger partial charge on any atom is -0.452 e. The average Bonchev–Trinajstić information content (AvgIpc) is 2.81. The first-order chi connectivity index (χ1) is 16.1. The van der Waals surface area contributed by atoms with Gasteiger partial charge >= 0.3 is 12.3 Å². The Morgan fingerprint density at radius 3 is 2.47 bits per heavy atom. The molecule has 1 aromatic heterocycles. The van der Waals surface area contributed by atoms with Crippen molar-refractivity contribution in [3.05, 3.63) is 64.6 Å². The fraction of sp³-hybridized carbons (Fsp3) is 0.348. The van der Waals surface area contributed by atoms with Gasteiger partial charge in [0.25, 0.3) is 0 Å². The number of rotatable bonds is 7. The summed E-state index contributed by atoms with van der Waals surface area (Å²) in [6.07, 6.45) is -3.13. The summed E-state index contributed by atoms with van der Waals surface area (Å²) < 4.78 is 48.5. The highest BCUT2D eigenvalue weighted by molar-refractivity contribution is 6.44. The summed E-state index contributed by atoms with van der Waals surface area (Å²) in [6, 6.07) is 9.03. The Bertz CT molecular complexity index is 1070. The predicted octanol–water partition coefficient (Wildman–Crippen LogP) is 5.67. The van der Waals surface area contributed by atoms with Crippen LogP contribution >= 0.6 is 11.6 Å². The van der Waals surface area contributed by atoms with E-state index in [0.717, 1.165) is 29.6 Å². The molecule has 0 saturated carbocycles. The molecule has 1 aliphatic rings. The van der Waals surface area contributed by atoms with Gasteiger partial charge in [0.05, 0.1) is 18.4 Å². The van der Waals surface area contributed by atoms with Crippen molar-refractivity contribution in [2.24, 2.45) is 4.99 Å². The number of allylic oxidation sites excluding steroid dienone is 1. The number of ether oxygens (including phenoxy) is 2. The number of alkyl halides is 3. The zero-order chi connectivity index (χ0) is 24.9. The van der Waals surface area contributed by atoms with Gasteiger partial charge in [0, 0.05) is 25.9 Å². The number of carbonyl (C=O) groups is 1. The molecular weight excluding hydrogens is 473 g/mol. The van der Waals surface area contributed by atoms with Crippen molar-refractivity contribution in [2.45, 2.75) is 25.9 Å². The Morgan fingerprint density at radius 1 is 1.21 bits per heavy atom. The molecule has 34 heavy (non-hydrogen) atoms. The van der Waals surface area contributed by atoms with Crippen LogP contribution in [0.4, 0.5) is 18.0 Å². The van der Waals surface area contributed by atoms with Crippen LogP contribution < -0.4 is 4.74 Å². The lowest BCUT2D eigenvalue weighted by atomic mass is 10.1. The Kier molecular flexibility index (Phi) is 8.03. The van der Waals surface area contributed by atoms with E-state index in [1.165, 1.54) is 12.0 Å². The first kappa shape index (κ1) is 25.4. The third-order valence-corrected chi connectivity index (χ3v) is 5.49. The number of halogens is 4. The van der Waals surface area contributed by atoms with E-state index in [9.17, 15) is 18.0 Å². The summed E-state index contributed by atoms with van der Waals surface area (Å²) in [5.74, 6) is 1.00. The number of pyridine rings is 1. The zero-order valence-electron chi connectivity index (χ0n) is 18.9. The SMILES string of the molecule is CCC1=NCN(C)C(N(CCc2ccc(Oc3ccc(C(F)(F)F)cn3)cc2)C(=O)OC)=C1Cl. The maximum atomic E-state index is 12.7. The van der Waals surface area contributed by atoms with Gasteiger partial charge in [-0.25, -0.2) is 9.78 Å². The fourth-order valence-electron chi connectivity index (χ4n) is 3.30. The lowest BCUT2D eigenvalue weighted by Crippen LogP contribution is -2.42. The molecule has 0 saturated heterocycles. The molecule has 2 aromatic rings. The number of aromatic nitrogens is 1. The predicted molar refractivity (Wildman–Crippen MR) is 122 cm³/mol. The van der Waals surface area contributed by atoms with E-state index in [-0.39, 0.29) is 5.88 Å². The van der Waals surface area contributed by atoms with Crippen LogP contribution in [-0.4, -0.2) is 54.0 Å².